The van der Waals surface area contributed by atoms with Gasteiger partial charge in [0.2, 0.25) is 0 Å². The summed E-state index contributed by atoms with van der Waals surface area (Å²) in [7, 11) is 0. The molecule has 106 valence electrons. The standard InChI is InChI=1S/C18H28O/c1-14-9-15(2)11-17(10-14)13-18(19)12-16-7-5-3-4-6-8-16/h9-11,16,18-19H,3-8,12-13H2,1-2H3. The molecule has 0 bridgehead atoms. The minimum atomic E-state index is -0.163. The Bertz CT molecular complexity index is 368. The highest BCUT2D eigenvalue weighted by atomic mass is 16.3. The fourth-order valence-electron chi connectivity index (χ4n) is 3.53. The minimum absolute atomic E-state index is 0.163. The lowest BCUT2D eigenvalue weighted by atomic mass is 9.91. The third-order valence-electron chi connectivity index (χ3n) is 4.33. The molecule has 19 heavy (non-hydrogen) atoms. The molecule has 1 aromatic carbocycles. The van der Waals surface area contributed by atoms with E-state index in [1.165, 1.54) is 55.2 Å². The van der Waals surface area contributed by atoms with Crippen molar-refractivity contribution in [1.29, 1.82) is 0 Å². The van der Waals surface area contributed by atoms with E-state index in [0.29, 0.717) is 0 Å². The molecular formula is C18H28O. The summed E-state index contributed by atoms with van der Waals surface area (Å²) in [5, 5.41) is 10.3. The molecule has 1 saturated carbocycles. The third-order valence-corrected chi connectivity index (χ3v) is 4.33. The van der Waals surface area contributed by atoms with Crippen LogP contribution in [0, 0.1) is 19.8 Å². The number of benzene rings is 1. The van der Waals surface area contributed by atoms with Gasteiger partial charge in [0, 0.05) is 0 Å². The Morgan fingerprint density at radius 1 is 1.00 bits per heavy atom. The second kappa shape index (κ2) is 7.09. The zero-order valence-corrected chi connectivity index (χ0v) is 12.5. The molecule has 1 fully saturated rings. The van der Waals surface area contributed by atoms with Crippen LogP contribution in [0.3, 0.4) is 0 Å². The quantitative estimate of drug-likeness (QED) is 0.786. The molecule has 1 aliphatic carbocycles. The van der Waals surface area contributed by atoms with Crippen molar-refractivity contribution in [2.24, 2.45) is 5.92 Å². The first-order valence-electron chi connectivity index (χ1n) is 7.89. The van der Waals surface area contributed by atoms with Crippen molar-refractivity contribution in [3.63, 3.8) is 0 Å². The van der Waals surface area contributed by atoms with Crippen LogP contribution in [0.4, 0.5) is 0 Å². The lowest BCUT2D eigenvalue weighted by molar-refractivity contribution is 0.137. The van der Waals surface area contributed by atoms with Crippen LogP contribution in [0.5, 0.6) is 0 Å². The maximum atomic E-state index is 10.3. The van der Waals surface area contributed by atoms with Gasteiger partial charge in [-0.3, -0.25) is 0 Å². The zero-order chi connectivity index (χ0) is 13.7. The zero-order valence-electron chi connectivity index (χ0n) is 12.5. The minimum Gasteiger partial charge on any atom is -0.393 e. The molecule has 1 atom stereocenters. The normalized spacial score (nSPS) is 19.1. The Balaban J connectivity index is 1.87. The topological polar surface area (TPSA) is 20.2 Å². The summed E-state index contributed by atoms with van der Waals surface area (Å²) >= 11 is 0. The van der Waals surface area contributed by atoms with Crippen molar-refractivity contribution in [3.8, 4) is 0 Å². The Kier molecular flexibility index (Phi) is 5.45. The number of aliphatic hydroxyl groups is 1. The second-order valence-electron chi connectivity index (χ2n) is 6.45. The van der Waals surface area contributed by atoms with Crippen LogP contribution in [-0.4, -0.2) is 11.2 Å². The number of hydrogen-bond acceptors (Lipinski definition) is 1. The predicted octanol–water partition coefficient (Wildman–Crippen LogP) is 4.57. The first-order chi connectivity index (χ1) is 9.13. The van der Waals surface area contributed by atoms with Crippen LogP contribution >= 0.6 is 0 Å². The first kappa shape index (κ1) is 14.6. The highest BCUT2D eigenvalue weighted by Gasteiger charge is 2.17. The average molecular weight is 260 g/mol. The van der Waals surface area contributed by atoms with E-state index in [2.05, 4.69) is 32.0 Å². The van der Waals surface area contributed by atoms with E-state index in [4.69, 9.17) is 0 Å². The van der Waals surface area contributed by atoms with Gasteiger partial charge >= 0.3 is 0 Å². The number of rotatable bonds is 4. The Hall–Kier alpha value is -0.820. The number of aliphatic hydroxyl groups excluding tert-OH is 1. The summed E-state index contributed by atoms with van der Waals surface area (Å²) in [6.45, 7) is 4.27. The van der Waals surface area contributed by atoms with Gasteiger partial charge in [-0.2, -0.15) is 0 Å². The molecule has 0 amide bonds. The molecule has 1 heteroatoms. The van der Waals surface area contributed by atoms with Gasteiger partial charge in [0.1, 0.15) is 0 Å². The van der Waals surface area contributed by atoms with E-state index >= 15 is 0 Å². The maximum Gasteiger partial charge on any atom is 0.0583 e. The molecule has 1 aromatic rings. The molecule has 1 unspecified atom stereocenters. The summed E-state index contributed by atoms with van der Waals surface area (Å²) in [5.41, 5.74) is 3.90. The lowest BCUT2D eigenvalue weighted by Gasteiger charge is -2.19. The molecule has 0 saturated heterocycles. The van der Waals surface area contributed by atoms with Crippen LogP contribution in [0.25, 0.3) is 0 Å². The van der Waals surface area contributed by atoms with Crippen molar-refractivity contribution in [2.45, 2.75) is 71.3 Å². The lowest BCUT2D eigenvalue weighted by Crippen LogP contribution is -2.16. The van der Waals surface area contributed by atoms with Crippen LogP contribution < -0.4 is 0 Å². The average Bonchev–Trinajstić information content (AvgIpc) is 2.55. The van der Waals surface area contributed by atoms with Gasteiger partial charge in [-0.1, -0.05) is 67.9 Å². The van der Waals surface area contributed by atoms with Gasteiger partial charge in [-0.05, 0) is 38.2 Å². The third kappa shape index (κ3) is 4.99. The van der Waals surface area contributed by atoms with Crippen molar-refractivity contribution in [2.75, 3.05) is 0 Å². The molecule has 1 N–H and O–H groups in total. The molecule has 0 spiro atoms. The summed E-state index contributed by atoms with van der Waals surface area (Å²) < 4.78 is 0. The molecule has 0 aromatic heterocycles. The Morgan fingerprint density at radius 2 is 1.58 bits per heavy atom. The van der Waals surface area contributed by atoms with E-state index in [1.807, 2.05) is 0 Å². The van der Waals surface area contributed by atoms with Gasteiger partial charge in [-0.15, -0.1) is 0 Å². The van der Waals surface area contributed by atoms with Crippen LogP contribution in [-0.2, 0) is 6.42 Å². The van der Waals surface area contributed by atoms with Crippen molar-refractivity contribution in [3.05, 3.63) is 34.9 Å². The van der Waals surface area contributed by atoms with Crippen LogP contribution in [0.1, 0.15) is 61.6 Å². The summed E-state index contributed by atoms with van der Waals surface area (Å²) in [6.07, 6.45) is 9.80. The SMILES string of the molecule is Cc1cc(C)cc(CC(O)CC2CCCCCC2)c1. The molecule has 2 rings (SSSR count). The van der Waals surface area contributed by atoms with Gasteiger partial charge in [0.15, 0.2) is 0 Å². The first-order valence-corrected chi connectivity index (χ1v) is 7.89. The molecule has 1 aliphatic rings. The van der Waals surface area contributed by atoms with E-state index in [9.17, 15) is 5.11 Å². The van der Waals surface area contributed by atoms with E-state index in [1.54, 1.807) is 0 Å². The molecule has 0 aliphatic heterocycles. The van der Waals surface area contributed by atoms with Crippen LogP contribution in [0.2, 0.25) is 0 Å². The van der Waals surface area contributed by atoms with E-state index < -0.39 is 0 Å². The van der Waals surface area contributed by atoms with Gasteiger partial charge in [-0.25, -0.2) is 0 Å². The number of aryl methyl sites for hydroxylation is 2. The largest absolute Gasteiger partial charge is 0.393 e. The van der Waals surface area contributed by atoms with Crippen LogP contribution in [0.15, 0.2) is 18.2 Å². The van der Waals surface area contributed by atoms with E-state index in [0.717, 1.165) is 18.8 Å². The highest BCUT2D eigenvalue weighted by molar-refractivity contribution is 5.28. The summed E-state index contributed by atoms with van der Waals surface area (Å²) in [4.78, 5) is 0. The molecule has 1 nitrogen and oxygen atoms in total. The monoisotopic (exact) mass is 260 g/mol. The smallest absolute Gasteiger partial charge is 0.0583 e. The second-order valence-corrected chi connectivity index (χ2v) is 6.45. The molecule has 0 radical (unpaired) electrons. The highest BCUT2D eigenvalue weighted by Crippen LogP contribution is 2.27. The van der Waals surface area contributed by atoms with Gasteiger partial charge in [0.05, 0.1) is 6.10 Å². The maximum absolute atomic E-state index is 10.3. The van der Waals surface area contributed by atoms with E-state index in [-0.39, 0.29) is 6.10 Å². The van der Waals surface area contributed by atoms with Crippen molar-refractivity contribution in [1.82, 2.24) is 0 Å². The fourth-order valence-corrected chi connectivity index (χ4v) is 3.53. The number of hydrogen-bond donors (Lipinski definition) is 1. The fraction of sp³-hybridized carbons (Fsp3) is 0.667. The summed E-state index contributed by atoms with van der Waals surface area (Å²) in [6, 6.07) is 6.62. The Morgan fingerprint density at radius 3 is 2.16 bits per heavy atom. The summed E-state index contributed by atoms with van der Waals surface area (Å²) in [5.74, 6) is 0.753. The van der Waals surface area contributed by atoms with Gasteiger partial charge in [0.25, 0.3) is 0 Å². The molecular weight excluding hydrogens is 232 g/mol. The van der Waals surface area contributed by atoms with Crippen molar-refractivity contribution < 1.29 is 5.11 Å². The Labute approximate surface area is 118 Å². The predicted molar refractivity (Wildman–Crippen MR) is 81.4 cm³/mol. The van der Waals surface area contributed by atoms with Gasteiger partial charge < -0.3 is 5.11 Å². The van der Waals surface area contributed by atoms with Crippen molar-refractivity contribution >= 4 is 0 Å². The molecule has 0 heterocycles.